The van der Waals surface area contributed by atoms with Crippen LogP contribution < -0.4 is 14.9 Å². The van der Waals surface area contributed by atoms with Gasteiger partial charge in [0, 0.05) is 20.1 Å². The fourth-order valence-electron chi connectivity index (χ4n) is 3.57. The highest BCUT2D eigenvalue weighted by atomic mass is 79.9. The van der Waals surface area contributed by atoms with Crippen LogP contribution in [-0.2, 0) is 4.79 Å². The molecule has 0 bridgehead atoms. The third-order valence-electron chi connectivity index (χ3n) is 5.51. The minimum Gasteiger partial charge on any atom is -0.483 e. The number of amides is 1. The number of para-hydroxylation sites is 1. The summed E-state index contributed by atoms with van der Waals surface area (Å²) in [5, 5.41) is 5.18. The molecule has 6 nitrogen and oxygen atoms in total. The van der Waals surface area contributed by atoms with Crippen molar-refractivity contribution in [2.24, 2.45) is 5.10 Å². The number of nitrogens with zero attached hydrogens (tertiary/aromatic N) is 1. The Morgan fingerprint density at radius 2 is 1.84 bits per heavy atom. The maximum atomic E-state index is 12.8. The second-order valence-electron chi connectivity index (χ2n) is 8.54. The van der Waals surface area contributed by atoms with Crippen molar-refractivity contribution in [3.63, 3.8) is 0 Å². The van der Waals surface area contributed by atoms with Crippen LogP contribution in [0.5, 0.6) is 11.5 Å². The highest BCUT2D eigenvalue weighted by Crippen LogP contribution is 2.36. The number of thiophene rings is 1. The van der Waals surface area contributed by atoms with Crippen molar-refractivity contribution in [1.82, 2.24) is 5.43 Å². The van der Waals surface area contributed by atoms with Crippen LogP contribution in [0.25, 0.3) is 10.1 Å². The van der Waals surface area contributed by atoms with Crippen molar-refractivity contribution in [2.75, 3.05) is 6.61 Å². The molecular formula is C28H24BrClN2O4S. The van der Waals surface area contributed by atoms with Crippen LogP contribution in [0.1, 0.15) is 46.1 Å². The first-order valence-electron chi connectivity index (χ1n) is 11.5. The molecular weight excluding hydrogens is 576 g/mol. The van der Waals surface area contributed by atoms with Crippen LogP contribution in [-0.4, -0.2) is 24.7 Å². The van der Waals surface area contributed by atoms with Crippen LogP contribution in [0.15, 0.2) is 70.2 Å². The van der Waals surface area contributed by atoms with Crippen molar-refractivity contribution < 1.29 is 19.1 Å². The van der Waals surface area contributed by atoms with Crippen molar-refractivity contribution in [1.29, 1.82) is 0 Å². The van der Waals surface area contributed by atoms with E-state index >= 15 is 0 Å². The molecule has 37 heavy (non-hydrogen) atoms. The van der Waals surface area contributed by atoms with Crippen LogP contribution in [0.4, 0.5) is 0 Å². The van der Waals surface area contributed by atoms with Crippen LogP contribution in [0.3, 0.4) is 0 Å². The number of halogens is 2. The smallest absolute Gasteiger partial charge is 0.355 e. The van der Waals surface area contributed by atoms with Crippen LogP contribution in [0.2, 0.25) is 5.02 Å². The van der Waals surface area contributed by atoms with E-state index in [1.54, 1.807) is 24.3 Å². The predicted octanol–water partition coefficient (Wildman–Crippen LogP) is 7.50. The average Bonchev–Trinajstić information content (AvgIpc) is 3.22. The predicted molar refractivity (Wildman–Crippen MR) is 152 cm³/mol. The first-order valence-corrected chi connectivity index (χ1v) is 13.5. The second kappa shape index (κ2) is 11.9. The van der Waals surface area contributed by atoms with Gasteiger partial charge in [0.1, 0.15) is 16.4 Å². The van der Waals surface area contributed by atoms with Gasteiger partial charge in [0.2, 0.25) is 0 Å². The summed E-state index contributed by atoms with van der Waals surface area (Å²) in [7, 11) is 0. The van der Waals surface area contributed by atoms with E-state index in [4.69, 9.17) is 21.1 Å². The van der Waals surface area contributed by atoms with E-state index in [0.29, 0.717) is 27.0 Å². The van der Waals surface area contributed by atoms with Crippen molar-refractivity contribution in [2.45, 2.75) is 26.7 Å². The number of carbonyl (C=O) groups excluding carboxylic acids is 2. The number of fused-ring (bicyclic) bond motifs is 1. The molecule has 0 aliphatic rings. The summed E-state index contributed by atoms with van der Waals surface area (Å²) in [6.07, 6.45) is 1.41. The van der Waals surface area contributed by atoms with E-state index in [1.165, 1.54) is 17.6 Å². The Bertz CT molecular complexity index is 1500. The minimum absolute atomic E-state index is 0.195. The average molecular weight is 600 g/mol. The molecule has 3 aromatic carbocycles. The maximum Gasteiger partial charge on any atom is 0.355 e. The summed E-state index contributed by atoms with van der Waals surface area (Å²) in [6, 6.07) is 18.3. The lowest BCUT2D eigenvalue weighted by Crippen LogP contribution is -2.25. The molecule has 1 heterocycles. The summed E-state index contributed by atoms with van der Waals surface area (Å²) in [4.78, 5) is 25.5. The Labute approximate surface area is 232 Å². The molecule has 4 rings (SSSR count). The summed E-state index contributed by atoms with van der Waals surface area (Å²) < 4.78 is 13.3. The maximum absolute atomic E-state index is 12.8. The highest BCUT2D eigenvalue weighted by Gasteiger charge is 2.20. The van der Waals surface area contributed by atoms with Gasteiger partial charge in [-0.15, -0.1) is 11.3 Å². The molecule has 190 valence electrons. The first kappa shape index (κ1) is 26.9. The lowest BCUT2D eigenvalue weighted by molar-refractivity contribution is -0.123. The van der Waals surface area contributed by atoms with E-state index in [2.05, 4.69) is 40.3 Å². The molecule has 0 radical (unpaired) electrons. The number of carbonyl (C=O) groups is 2. The lowest BCUT2D eigenvalue weighted by atomic mass is 10.0. The van der Waals surface area contributed by atoms with E-state index in [9.17, 15) is 9.59 Å². The summed E-state index contributed by atoms with van der Waals surface area (Å²) >= 11 is 11.2. The molecule has 1 aromatic heterocycles. The molecule has 0 unspecified atom stereocenters. The fraction of sp³-hybridized carbons (Fsp3) is 0.179. The highest BCUT2D eigenvalue weighted by molar-refractivity contribution is 9.10. The Kier molecular flexibility index (Phi) is 8.63. The molecule has 4 aromatic rings. The zero-order valence-corrected chi connectivity index (χ0v) is 23.5. The van der Waals surface area contributed by atoms with Gasteiger partial charge in [-0.25, -0.2) is 10.2 Å². The third kappa shape index (κ3) is 6.39. The van der Waals surface area contributed by atoms with Gasteiger partial charge in [0.25, 0.3) is 5.91 Å². The third-order valence-corrected chi connectivity index (χ3v) is 8.02. The fourth-order valence-corrected chi connectivity index (χ4v) is 5.31. The van der Waals surface area contributed by atoms with Gasteiger partial charge >= 0.3 is 5.97 Å². The topological polar surface area (TPSA) is 77.0 Å². The lowest BCUT2D eigenvalue weighted by Gasteiger charge is -2.15. The minimum atomic E-state index is -0.560. The van der Waals surface area contributed by atoms with Gasteiger partial charge in [-0.05, 0) is 54.3 Å². The van der Waals surface area contributed by atoms with Gasteiger partial charge in [-0.2, -0.15) is 5.10 Å². The SMILES string of the molecule is Cc1cc(OCC(=O)NN=Cc2ccccc2OC(=O)c2sc3ccccc3c2Cl)c(C(C)C)cc1Br. The Balaban J connectivity index is 1.40. The molecule has 0 fully saturated rings. The normalized spacial score (nSPS) is 11.3. The quantitative estimate of drug-likeness (QED) is 0.0985. The van der Waals surface area contributed by atoms with E-state index in [-0.39, 0.29) is 12.5 Å². The molecule has 0 atom stereocenters. The van der Waals surface area contributed by atoms with Gasteiger partial charge in [-0.1, -0.05) is 71.7 Å². The van der Waals surface area contributed by atoms with Crippen molar-refractivity contribution >= 4 is 67.0 Å². The van der Waals surface area contributed by atoms with Gasteiger partial charge in [0.05, 0.1) is 11.2 Å². The summed E-state index contributed by atoms with van der Waals surface area (Å²) in [5.74, 6) is 0.206. The number of esters is 1. The standard InChI is InChI=1S/C28H24BrClN2O4S/c1-16(2)20-13-21(29)17(3)12-23(20)35-15-25(33)32-31-14-18-8-4-6-10-22(18)36-28(34)27-26(30)19-9-5-7-11-24(19)37-27/h4-14,16H,15H2,1-3H3,(H,32,33). The zero-order valence-electron chi connectivity index (χ0n) is 20.4. The van der Waals surface area contributed by atoms with Crippen LogP contribution in [0, 0.1) is 6.92 Å². The van der Waals surface area contributed by atoms with Gasteiger partial charge < -0.3 is 9.47 Å². The number of hydrogen-bond acceptors (Lipinski definition) is 6. The van der Waals surface area contributed by atoms with Crippen LogP contribution >= 0.6 is 38.9 Å². The number of ether oxygens (including phenoxy) is 2. The van der Waals surface area contributed by atoms with Crippen molar-refractivity contribution in [3.8, 4) is 11.5 Å². The number of benzene rings is 3. The largest absolute Gasteiger partial charge is 0.483 e. The molecule has 1 amide bonds. The summed E-state index contributed by atoms with van der Waals surface area (Å²) in [6.45, 7) is 5.89. The second-order valence-corrected chi connectivity index (χ2v) is 10.8. The Hall–Kier alpha value is -3.20. The zero-order chi connectivity index (χ0) is 26.5. The summed E-state index contributed by atoms with van der Waals surface area (Å²) in [5.41, 5.74) is 4.98. The first-order chi connectivity index (χ1) is 17.7. The molecule has 0 aliphatic heterocycles. The number of rotatable bonds is 8. The Morgan fingerprint density at radius 3 is 2.59 bits per heavy atom. The monoisotopic (exact) mass is 598 g/mol. The molecule has 0 aliphatic carbocycles. The number of hydrazone groups is 1. The molecule has 1 N–H and O–H groups in total. The number of aryl methyl sites for hydroxylation is 1. The number of hydrogen-bond donors (Lipinski definition) is 1. The number of nitrogens with one attached hydrogen (secondary N) is 1. The van der Waals surface area contributed by atoms with Crippen molar-refractivity contribution in [3.05, 3.63) is 91.7 Å². The Morgan fingerprint density at radius 1 is 1.11 bits per heavy atom. The van der Waals surface area contributed by atoms with Gasteiger partial charge in [0.15, 0.2) is 6.61 Å². The van der Waals surface area contributed by atoms with E-state index < -0.39 is 11.9 Å². The molecule has 0 saturated heterocycles. The molecule has 0 spiro atoms. The molecule has 0 saturated carbocycles. The van der Waals surface area contributed by atoms with E-state index in [1.807, 2.05) is 43.3 Å². The van der Waals surface area contributed by atoms with E-state index in [0.717, 1.165) is 25.7 Å². The van der Waals surface area contributed by atoms with Gasteiger partial charge in [-0.3, -0.25) is 4.79 Å². The molecule has 9 heteroatoms.